The van der Waals surface area contributed by atoms with Gasteiger partial charge < -0.3 is 14.2 Å². The number of carbonyl (C=O) groups excluding carboxylic acids is 1. The summed E-state index contributed by atoms with van der Waals surface area (Å²) in [7, 11) is 1.57. The lowest BCUT2D eigenvalue weighted by Gasteiger charge is -2.14. The highest BCUT2D eigenvalue weighted by molar-refractivity contribution is 5.79. The van der Waals surface area contributed by atoms with Gasteiger partial charge >= 0.3 is 6.16 Å². The number of carbonyl (C=O) groups is 1. The summed E-state index contributed by atoms with van der Waals surface area (Å²) < 4.78 is 16.0. The number of rotatable bonds is 4. The number of methoxy groups -OCH3 is 1. The molecule has 1 aliphatic carbocycles. The van der Waals surface area contributed by atoms with Gasteiger partial charge in [-0.15, -0.1) is 0 Å². The highest BCUT2D eigenvalue weighted by atomic mass is 16.7. The molecule has 0 fully saturated rings. The Morgan fingerprint density at radius 3 is 2.19 bits per heavy atom. The van der Waals surface area contributed by atoms with E-state index < -0.39 is 6.16 Å². The molecule has 0 saturated heterocycles. The zero-order valence-electron chi connectivity index (χ0n) is 15.3. The first kappa shape index (κ1) is 17.2. The molecule has 0 spiro atoms. The van der Waals surface area contributed by atoms with Gasteiger partial charge in [0.15, 0.2) is 0 Å². The van der Waals surface area contributed by atoms with Crippen LogP contribution in [0.1, 0.15) is 22.6 Å². The van der Waals surface area contributed by atoms with Crippen molar-refractivity contribution in [3.05, 3.63) is 83.4 Å². The average molecular weight is 360 g/mol. The Bertz CT molecular complexity index is 948. The van der Waals surface area contributed by atoms with Gasteiger partial charge in [-0.3, -0.25) is 0 Å². The van der Waals surface area contributed by atoms with Gasteiger partial charge in [0.05, 0.1) is 7.11 Å². The molecule has 0 aromatic heterocycles. The molecule has 0 saturated carbocycles. The summed E-state index contributed by atoms with van der Waals surface area (Å²) in [6.45, 7) is 2.10. The van der Waals surface area contributed by atoms with Gasteiger partial charge in [-0.1, -0.05) is 54.6 Å². The molecule has 4 nitrogen and oxygen atoms in total. The van der Waals surface area contributed by atoms with Crippen LogP contribution in [0, 0.1) is 6.92 Å². The molecule has 0 amide bonds. The van der Waals surface area contributed by atoms with Gasteiger partial charge in [-0.2, -0.15) is 0 Å². The van der Waals surface area contributed by atoms with Crippen LogP contribution in [0.2, 0.25) is 0 Å². The summed E-state index contributed by atoms with van der Waals surface area (Å²) in [5.74, 6) is 1.07. The minimum atomic E-state index is -0.715. The Labute approximate surface area is 158 Å². The Kier molecular flexibility index (Phi) is 4.55. The van der Waals surface area contributed by atoms with Crippen molar-refractivity contribution in [2.24, 2.45) is 0 Å². The van der Waals surface area contributed by atoms with Crippen molar-refractivity contribution in [1.82, 2.24) is 0 Å². The highest BCUT2D eigenvalue weighted by Crippen LogP contribution is 2.44. The van der Waals surface area contributed by atoms with Gasteiger partial charge in [0, 0.05) is 12.0 Å². The Morgan fingerprint density at radius 2 is 1.56 bits per heavy atom. The third kappa shape index (κ3) is 3.26. The molecule has 0 radical (unpaired) electrons. The normalized spacial score (nSPS) is 12.2. The van der Waals surface area contributed by atoms with E-state index >= 15 is 0 Å². The SMILES string of the molecule is COc1ccc(C)c(OC(=O)OCC2c3ccccc3-c3ccccc32)c1. The number of hydrogen-bond acceptors (Lipinski definition) is 4. The van der Waals surface area contributed by atoms with Crippen molar-refractivity contribution in [3.8, 4) is 22.6 Å². The van der Waals surface area contributed by atoms with E-state index in [1.165, 1.54) is 22.3 Å². The first-order valence-electron chi connectivity index (χ1n) is 8.85. The molecule has 0 bridgehead atoms. The van der Waals surface area contributed by atoms with Crippen LogP contribution in [0.5, 0.6) is 11.5 Å². The van der Waals surface area contributed by atoms with E-state index in [2.05, 4.69) is 24.3 Å². The van der Waals surface area contributed by atoms with Crippen LogP contribution in [0.4, 0.5) is 4.79 Å². The summed E-state index contributed by atoms with van der Waals surface area (Å²) in [5.41, 5.74) is 5.56. The van der Waals surface area contributed by atoms with Gasteiger partial charge in [0.25, 0.3) is 0 Å². The van der Waals surface area contributed by atoms with Crippen LogP contribution in [-0.4, -0.2) is 19.9 Å². The topological polar surface area (TPSA) is 44.8 Å². The molecule has 0 aliphatic heterocycles. The average Bonchev–Trinajstić information content (AvgIpc) is 3.02. The zero-order chi connectivity index (χ0) is 18.8. The summed E-state index contributed by atoms with van der Waals surface area (Å²) in [5, 5.41) is 0. The lowest BCUT2D eigenvalue weighted by atomic mass is 9.98. The second-order valence-electron chi connectivity index (χ2n) is 6.52. The van der Waals surface area contributed by atoms with Crippen LogP contribution in [-0.2, 0) is 4.74 Å². The van der Waals surface area contributed by atoms with Gasteiger partial charge in [-0.05, 0) is 40.8 Å². The molecule has 27 heavy (non-hydrogen) atoms. The second kappa shape index (κ2) is 7.16. The molecular formula is C23H20O4. The lowest BCUT2D eigenvalue weighted by Crippen LogP contribution is -2.16. The summed E-state index contributed by atoms with van der Waals surface area (Å²) in [6, 6.07) is 21.8. The first-order valence-corrected chi connectivity index (χ1v) is 8.85. The summed E-state index contributed by atoms with van der Waals surface area (Å²) >= 11 is 0. The molecule has 4 heteroatoms. The van der Waals surface area contributed by atoms with Crippen LogP contribution in [0.3, 0.4) is 0 Å². The maximum atomic E-state index is 12.3. The molecule has 4 rings (SSSR count). The minimum Gasteiger partial charge on any atom is -0.497 e. The monoisotopic (exact) mass is 360 g/mol. The van der Waals surface area contributed by atoms with E-state index in [0.29, 0.717) is 11.5 Å². The van der Waals surface area contributed by atoms with Crippen molar-refractivity contribution < 1.29 is 19.0 Å². The molecule has 3 aromatic rings. The molecular weight excluding hydrogens is 340 g/mol. The van der Waals surface area contributed by atoms with E-state index in [0.717, 1.165) is 5.56 Å². The molecule has 1 aliphatic rings. The molecule has 0 heterocycles. The quantitative estimate of drug-likeness (QED) is 0.466. The van der Waals surface area contributed by atoms with Crippen molar-refractivity contribution >= 4 is 6.16 Å². The number of benzene rings is 3. The maximum absolute atomic E-state index is 12.3. The number of ether oxygens (including phenoxy) is 3. The second-order valence-corrected chi connectivity index (χ2v) is 6.52. The van der Waals surface area contributed by atoms with Crippen molar-refractivity contribution in [2.75, 3.05) is 13.7 Å². The number of aryl methyl sites for hydroxylation is 1. The third-order valence-electron chi connectivity index (χ3n) is 4.92. The van der Waals surface area contributed by atoms with Crippen LogP contribution in [0.15, 0.2) is 66.7 Å². The Balaban J connectivity index is 1.50. The largest absolute Gasteiger partial charge is 0.513 e. The third-order valence-corrected chi connectivity index (χ3v) is 4.92. The van der Waals surface area contributed by atoms with E-state index in [9.17, 15) is 4.79 Å². The van der Waals surface area contributed by atoms with Crippen molar-refractivity contribution in [1.29, 1.82) is 0 Å². The van der Waals surface area contributed by atoms with E-state index in [1.54, 1.807) is 13.2 Å². The fourth-order valence-electron chi connectivity index (χ4n) is 3.53. The number of fused-ring (bicyclic) bond motifs is 3. The Hall–Kier alpha value is -3.27. The predicted molar refractivity (Wildman–Crippen MR) is 103 cm³/mol. The van der Waals surface area contributed by atoms with Crippen molar-refractivity contribution in [3.63, 3.8) is 0 Å². The smallest absolute Gasteiger partial charge is 0.497 e. The predicted octanol–water partition coefficient (Wildman–Crippen LogP) is 5.33. The molecule has 0 atom stereocenters. The maximum Gasteiger partial charge on any atom is 0.513 e. The first-order chi connectivity index (χ1) is 13.2. The molecule has 0 unspecified atom stereocenters. The zero-order valence-corrected chi connectivity index (χ0v) is 15.3. The summed E-state index contributed by atoms with van der Waals surface area (Å²) in [6.07, 6.45) is -0.715. The minimum absolute atomic E-state index is 0.0105. The highest BCUT2D eigenvalue weighted by Gasteiger charge is 2.29. The number of hydrogen-bond donors (Lipinski definition) is 0. The van der Waals surface area contributed by atoms with Crippen molar-refractivity contribution in [2.45, 2.75) is 12.8 Å². The van der Waals surface area contributed by atoms with Gasteiger partial charge in [-0.25, -0.2) is 4.79 Å². The van der Waals surface area contributed by atoms with E-state index in [1.807, 2.05) is 43.3 Å². The molecule has 136 valence electrons. The molecule has 0 N–H and O–H groups in total. The van der Waals surface area contributed by atoms with Gasteiger partial charge in [0.1, 0.15) is 18.1 Å². The fourth-order valence-corrected chi connectivity index (χ4v) is 3.53. The summed E-state index contributed by atoms with van der Waals surface area (Å²) in [4.78, 5) is 12.3. The van der Waals surface area contributed by atoms with Crippen LogP contribution in [0.25, 0.3) is 11.1 Å². The molecule has 3 aromatic carbocycles. The van der Waals surface area contributed by atoms with Crippen LogP contribution < -0.4 is 9.47 Å². The van der Waals surface area contributed by atoms with Crippen LogP contribution >= 0.6 is 0 Å². The van der Waals surface area contributed by atoms with E-state index in [-0.39, 0.29) is 12.5 Å². The standard InChI is InChI=1S/C23H20O4/c1-15-11-12-16(25-2)13-22(15)27-23(24)26-14-21-19-9-5-3-7-17(19)18-8-4-6-10-20(18)21/h3-13,21H,14H2,1-2H3. The fraction of sp³-hybridized carbons (Fsp3) is 0.174. The van der Waals surface area contributed by atoms with E-state index in [4.69, 9.17) is 14.2 Å². The van der Waals surface area contributed by atoms with Gasteiger partial charge in [0.2, 0.25) is 0 Å². The lowest BCUT2D eigenvalue weighted by molar-refractivity contribution is 0.0961. The Morgan fingerprint density at radius 1 is 0.926 bits per heavy atom.